The van der Waals surface area contributed by atoms with Crippen LogP contribution >= 0.6 is 0 Å². The smallest absolute Gasteiger partial charge is 0.227 e. The minimum Gasteiger partial charge on any atom is -0.369 e. The van der Waals surface area contributed by atoms with Gasteiger partial charge >= 0.3 is 0 Å². The number of fused-ring (bicyclic) bond motifs is 1. The number of halogens is 3. The van der Waals surface area contributed by atoms with Gasteiger partial charge in [0.2, 0.25) is 5.91 Å². The topological polar surface area (TPSA) is 116 Å². The highest BCUT2D eigenvalue weighted by Gasteiger charge is 2.26. The molecule has 5 aromatic rings. The number of carbonyl (C=O) groups excluding carboxylic acids is 2. The maximum atomic E-state index is 15.2. The Morgan fingerprint density at radius 3 is 2.43 bits per heavy atom. The summed E-state index contributed by atoms with van der Waals surface area (Å²) >= 11 is 0. The SMILES string of the molecule is CNC(=O)C(CCC=O)c1ccc(N2CCN(CCN3CCC(n4cc(Nc5ncc(-c6cc(C)c(F)cc6F)n6ccnc56)cn4)CC3)CC2)cc1F. The molecule has 0 spiro atoms. The third kappa shape index (κ3) is 7.97. The van der Waals surface area contributed by atoms with E-state index < -0.39 is 23.4 Å². The van der Waals surface area contributed by atoms with Gasteiger partial charge in [0, 0.05) is 107 Å². The summed E-state index contributed by atoms with van der Waals surface area (Å²) in [7, 11) is 1.52. The van der Waals surface area contributed by atoms with Crippen molar-refractivity contribution in [1.29, 1.82) is 0 Å². The van der Waals surface area contributed by atoms with E-state index in [9.17, 15) is 18.4 Å². The quantitative estimate of drug-likeness (QED) is 0.155. The lowest BCUT2D eigenvalue weighted by molar-refractivity contribution is -0.122. The summed E-state index contributed by atoms with van der Waals surface area (Å²) in [5.74, 6) is -2.16. The molecule has 5 heterocycles. The van der Waals surface area contributed by atoms with Crippen LogP contribution in [-0.2, 0) is 9.59 Å². The molecule has 1 amide bonds. The van der Waals surface area contributed by atoms with Crippen molar-refractivity contribution in [2.75, 3.05) is 69.6 Å². The van der Waals surface area contributed by atoms with Crippen LogP contribution < -0.4 is 15.5 Å². The van der Waals surface area contributed by atoms with Crippen LogP contribution in [-0.4, -0.2) is 106 Å². The lowest BCUT2D eigenvalue weighted by atomic mass is 9.92. The minimum atomic E-state index is -0.692. The van der Waals surface area contributed by atoms with E-state index in [1.165, 1.54) is 19.2 Å². The predicted octanol–water partition coefficient (Wildman–Crippen LogP) is 5.33. The first-order chi connectivity index (χ1) is 26.2. The molecule has 0 aliphatic carbocycles. The number of rotatable bonds is 13. The molecule has 2 fully saturated rings. The van der Waals surface area contributed by atoms with Gasteiger partial charge in [0.1, 0.15) is 23.7 Å². The number of hydrogen-bond acceptors (Lipinski definition) is 9. The molecular weight excluding hydrogens is 697 g/mol. The first kappa shape index (κ1) is 37.1. The van der Waals surface area contributed by atoms with Gasteiger partial charge in [-0.15, -0.1) is 0 Å². The number of piperidine rings is 1. The highest BCUT2D eigenvalue weighted by Crippen LogP contribution is 2.31. The van der Waals surface area contributed by atoms with Crippen molar-refractivity contribution in [3.05, 3.63) is 89.9 Å². The van der Waals surface area contributed by atoms with E-state index in [0.29, 0.717) is 28.3 Å². The molecule has 2 N–H and O–H groups in total. The largest absolute Gasteiger partial charge is 0.369 e. The van der Waals surface area contributed by atoms with E-state index in [0.717, 1.165) is 88.9 Å². The van der Waals surface area contributed by atoms with E-state index in [4.69, 9.17) is 0 Å². The van der Waals surface area contributed by atoms with Crippen molar-refractivity contribution in [3.8, 4) is 11.3 Å². The van der Waals surface area contributed by atoms with E-state index in [-0.39, 0.29) is 30.4 Å². The van der Waals surface area contributed by atoms with Crippen LogP contribution in [0.2, 0.25) is 0 Å². The number of nitrogens with zero attached hydrogens (tertiary/aromatic N) is 8. The number of benzene rings is 2. The average molecular weight is 743 g/mol. The van der Waals surface area contributed by atoms with Crippen molar-refractivity contribution in [2.45, 2.75) is 44.6 Å². The van der Waals surface area contributed by atoms with Gasteiger partial charge < -0.3 is 25.2 Å². The van der Waals surface area contributed by atoms with Crippen LogP contribution in [0.15, 0.2) is 61.3 Å². The molecule has 1 atom stereocenters. The van der Waals surface area contributed by atoms with Gasteiger partial charge in [-0.3, -0.25) is 18.8 Å². The van der Waals surface area contributed by atoms with E-state index >= 15 is 4.39 Å². The normalized spacial score (nSPS) is 16.5. The second kappa shape index (κ2) is 16.4. The summed E-state index contributed by atoms with van der Waals surface area (Å²) in [6.07, 6.45) is 11.8. The van der Waals surface area contributed by atoms with Crippen molar-refractivity contribution < 1.29 is 22.8 Å². The number of anilines is 3. The van der Waals surface area contributed by atoms with Gasteiger partial charge in [-0.1, -0.05) is 6.07 Å². The van der Waals surface area contributed by atoms with Crippen LogP contribution in [0.3, 0.4) is 0 Å². The van der Waals surface area contributed by atoms with Gasteiger partial charge in [0.25, 0.3) is 0 Å². The Morgan fingerprint density at radius 2 is 1.70 bits per heavy atom. The minimum absolute atomic E-state index is 0.196. The molecule has 2 aliphatic rings. The molecule has 0 bridgehead atoms. The van der Waals surface area contributed by atoms with Crippen LogP contribution in [0.25, 0.3) is 16.9 Å². The van der Waals surface area contributed by atoms with Crippen LogP contribution in [0, 0.1) is 24.4 Å². The summed E-state index contributed by atoms with van der Waals surface area (Å²) in [5.41, 5.74) is 3.47. The van der Waals surface area contributed by atoms with Crippen LogP contribution in [0.4, 0.5) is 30.4 Å². The van der Waals surface area contributed by atoms with Crippen molar-refractivity contribution >= 4 is 35.0 Å². The molecule has 2 saturated heterocycles. The summed E-state index contributed by atoms with van der Waals surface area (Å²) in [5, 5.41) is 10.5. The molecule has 54 heavy (non-hydrogen) atoms. The molecule has 3 aromatic heterocycles. The molecule has 7 rings (SSSR count). The number of likely N-dealkylation sites (tertiary alicyclic amines) is 1. The zero-order valence-corrected chi connectivity index (χ0v) is 30.5. The Hall–Kier alpha value is -5.28. The van der Waals surface area contributed by atoms with Crippen molar-refractivity contribution in [2.24, 2.45) is 0 Å². The number of hydrogen-bond donors (Lipinski definition) is 2. The molecule has 0 radical (unpaired) electrons. The highest BCUT2D eigenvalue weighted by atomic mass is 19.1. The third-order valence-electron chi connectivity index (χ3n) is 10.7. The highest BCUT2D eigenvalue weighted by molar-refractivity contribution is 5.84. The molecule has 0 saturated carbocycles. The molecule has 15 heteroatoms. The monoisotopic (exact) mass is 742 g/mol. The summed E-state index contributed by atoms with van der Waals surface area (Å²) in [6, 6.07) is 7.71. The lowest BCUT2D eigenvalue weighted by Gasteiger charge is -2.38. The Morgan fingerprint density at radius 1 is 0.944 bits per heavy atom. The fourth-order valence-corrected chi connectivity index (χ4v) is 7.55. The number of amides is 1. The summed E-state index contributed by atoms with van der Waals surface area (Å²) in [6.45, 7) is 8.83. The standard InChI is InChI=1S/C39H45F3N10O2/c1-26-20-32(35(42)22-33(26)40)36-24-45-37(38-44-9-12-51(36)38)47-27-23-46-52(25-27)28-7-10-48(11-8-28)13-14-49-15-17-50(18-16-49)29-5-6-30(34(41)21-29)31(4-3-19-53)39(54)43-2/h5-6,9,12,19-25,28,31H,3-4,7-8,10-11,13-18H2,1-2H3,(H,43,54)(H,45,47). The number of aryl methyl sites for hydroxylation is 1. The maximum Gasteiger partial charge on any atom is 0.227 e. The first-order valence-electron chi connectivity index (χ1n) is 18.5. The number of aldehydes is 1. The zero-order valence-electron chi connectivity index (χ0n) is 30.5. The van der Waals surface area contributed by atoms with Gasteiger partial charge in [0.15, 0.2) is 11.5 Å². The van der Waals surface area contributed by atoms with Gasteiger partial charge in [-0.2, -0.15) is 5.10 Å². The Kier molecular flexibility index (Phi) is 11.2. The van der Waals surface area contributed by atoms with Gasteiger partial charge in [0.05, 0.1) is 35.7 Å². The molecular formula is C39H45F3N10O2. The Balaban J connectivity index is 0.877. The predicted molar refractivity (Wildman–Crippen MR) is 200 cm³/mol. The van der Waals surface area contributed by atoms with E-state index in [1.54, 1.807) is 42.2 Å². The average Bonchev–Trinajstić information content (AvgIpc) is 3.88. The summed E-state index contributed by atoms with van der Waals surface area (Å²) < 4.78 is 47.6. The van der Waals surface area contributed by atoms with Gasteiger partial charge in [-0.25, -0.2) is 23.1 Å². The first-order valence-corrected chi connectivity index (χ1v) is 18.5. The number of carbonyl (C=O) groups is 2. The molecule has 284 valence electrons. The molecule has 2 aliphatic heterocycles. The number of likely N-dealkylation sites (N-methyl/N-ethyl adjacent to an activating group) is 1. The number of aromatic nitrogens is 5. The molecule has 12 nitrogen and oxygen atoms in total. The molecule has 1 unspecified atom stereocenters. The number of piperazine rings is 1. The summed E-state index contributed by atoms with van der Waals surface area (Å²) in [4.78, 5) is 39.4. The fraction of sp³-hybridized carbons (Fsp3) is 0.410. The number of nitrogens with one attached hydrogen (secondary N) is 2. The maximum absolute atomic E-state index is 15.2. The zero-order chi connectivity index (χ0) is 37.8. The van der Waals surface area contributed by atoms with Crippen molar-refractivity contribution in [1.82, 2.24) is 39.3 Å². The third-order valence-corrected chi connectivity index (χ3v) is 10.7. The van der Waals surface area contributed by atoms with Crippen molar-refractivity contribution in [3.63, 3.8) is 0 Å². The van der Waals surface area contributed by atoms with Crippen LogP contribution in [0.1, 0.15) is 48.8 Å². The Bertz CT molecular complexity index is 2100. The lowest BCUT2D eigenvalue weighted by Crippen LogP contribution is -2.49. The van der Waals surface area contributed by atoms with Gasteiger partial charge in [-0.05, 0) is 49.9 Å². The fourth-order valence-electron chi connectivity index (χ4n) is 7.55. The van der Waals surface area contributed by atoms with E-state index in [1.807, 2.05) is 16.9 Å². The molecule has 2 aromatic carbocycles. The number of imidazole rings is 1. The second-order valence-electron chi connectivity index (χ2n) is 14.0. The van der Waals surface area contributed by atoms with E-state index in [2.05, 4.69) is 40.4 Å². The van der Waals surface area contributed by atoms with Crippen LogP contribution in [0.5, 0.6) is 0 Å². The second-order valence-corrected chi connectivity index (χ2v) is 14.0. The Labute approximate surface area is 312 Å².